The second-order valence-corrected chi connectivity index (χ2v) is 9.62. The van der Waals surface area contributed by atoms with Gasteiger partial charge in [-0.2, -0.15) is 5.26 Å². The smallest absolute Gasteiger partial charge is 0.209 e. The van der Waals surface area contributed by atoms with E-state index < -0.39 is 0 Å². The molecule has 0 fully saturated rings. The first kappa shape index (κ1) is 28.0. The van der Waals surface area contributed by atoms with Crippen LogP contribution >= 0.6 is 11.3 Å². The summed E-state index contributed by atoms with van der Waals surface area (Å²) in [5.41, 5.74) is 5.22. The van der Waals surface area contributed by atoms with E-state index in [0.717, 1.165) is 41.4 Å². The van der Waals surface area contributed by atoms with Crippen LogP contribution in [-0.2, 0) is 16.0 Å². The number of allylic oxidation sites excluding steroid dienone is 4. The van der Waals surface area contributed by atoms with Crippen molar-refractivity contribution in [1.82, 2.24) is 20.4 Å². The van der Waals surface area contributed by atoms with Crippen LogP contribution in [0.4, 0.5) is 0 Å². The van der Waals surface area contributed by atoms with Gasteiger partial charge in [0.25, 0.3) is 0 Å². The van der Waals surface area contributed by atoms with Crippen molar-refractivity contribution in [2.75, 3.05) is 20.6 Å². The van der Waals surface area contributed by atoms with E-state index in [2.05, 4.69) is 47.2 Å². The Kier molecular flexibility index (Phi) is 10.8. The number of aromatic nitrogens is 2. The van der Waals surface area contributed by atoms with E-state index in [1.54, 1.807) is 31.5 Å². The summed E-state index contributed by atoms with van der Waals surface area (Å²) in [6.07, 6.45) is 6.58. The summed E-state index contributed by atoms with van der Waals surface area (Å²) < 4.78 is 5.70. The number of carbonyl (C=O) groups is 1. The fourth-order valence-corrected chi connectivity index (χ4v) is 4.47. The standard InChI is InChI=1S/C24H28N4OS.C3H7NO/c1-6-26-21-12-11-18-19(21)8-7-9-20(18)24-28-27-23(30-24)16(4)10-13-22(17(5)14-25)29-15(2)3;1-4(2)3-5/h7-10,13,15,21,26H,5-6,11-12H2,1-4H3;3H,1-2H3/b16-10+,22-13+;. The first-order chi connectivity index (χ1) is 16.7. The lowest BCUT2D eigenvalue weighted by atomic mass is 10.0. The number of nitrogens with zero attached hydrogens (tertiary/aromatic N) is 4. The minimum atomic E-state index is -0.0330. The number of nitrogens with one attached hydrogen (secondary N) is 1. The summed E-state index contributed by atoms with van der Waals surface area (Å²) in [4.78, 5) is 10.9. The molecule has 0 bridgehead atoms. The molecule has 1 atom stereocenters. The van der Waals surface area contributed by atoms with Crippen molar-refractivity contribution in [2.24, 2.45) is 0 Å². The Labute approximate surface area is 212 Å². The number of rotatable bonds is 9. The second kappa shape index (κ2) is 13.6. The second-order valence-electron chi connectivity index (χ2n) is 8.64. The van der Waals surface area contributed by atoms with Crippen LogP contribution < -0.4 is 5.32 Å². The van der Waals surface area contributed by atoms with Gasteiger partial charge in [0.15, 0.2) is 0 Å². The van der Waals surface area contributed by atoms with E-state index >= 15 is 0 Å². The lowest BCUT2D eigenvalue weighted by Crippen LogP contribution is -2.18. The van der Waals surface area contributed by atoms with E-state index in [0.29, 0.717) is 17.4 Å². The zero-order valence-corrected chi connectivity index (χ0v) is 22.3. The highest BCUT2D eigenvalue weighted by Gasteiger charge is 2.25. The number of nitriles is 1. The average molecular weight is 494 g/mol. The number of ether oxygens (including phenoxy) is 1. The maximum absolute atomic E-state index is 9.43. The minimum Gasteiger partial charge on any atom is -0.490 e. The van der Waals surface area contributed by atoms with Crippen molar-refractivity contribution in [3.63, 3.8) is 0 Å². The van der Waals surface area contributed by atoms with Crippen molar-refractivity contribution in [3.05, 3.63) is 64.4 Å². The molecule has 1 aromatic heterocycles. The van der Waals surface area contributed by atoms with Gasteiger partial charge in [0.05, 0.1) is 11.7 Å². The molecule has 1 aliphatic rings. The van der Waals surface area contributed by atoms with Crippen LogP contribution in [0.15, 0.2) is 48.3 Å². The van der Waals surface area contributed by atoms with Crippen LogP contribution in [0.25, 0.3) is 16.1 Å². The van der Waals surface area contributed by atoms with E-state index in [-0.39, 0.29) is 6.10 Å². The van der Waals surface area contributed by atoms with Crippen LogP contribution in [0.2, 0.25) is 0 Å². The SMILES string of the molecule is C=C(C#N)/C(=C\C=C(/C)c1nnc(-c2cccc3c2CCC3NCC)s1)OC(C)C.CN(C)C=O. The fraction of sp³-hybridized carbons (Fsp3) is 0.407. The fourth-order valence-electron chi connectivity index (χ4n) is 3.60. The quantitative estimate of drug-likeness (QED) is 0.221. The maximum Gasteiger partial charge on any atom is 0.209 e. The predicted octanol–water partition coefficient (Wildman–Crippen LogP) is 5.30. The molecule has 1 amide bonds. The number of amides is 1. The van der Waals surface area contributed by atoms with Gasteiger partial charge in [-0.3, -0.25) is 4.79 Å². The molecule has 1 heterocycles. The zero-order chi connectivity index (χ0) is 26.0. The molecule has 0 saturated carbocycles. The van der Waals surface area contributed by atoms with E-state index in [4.69, 9.17) is 10.00 Å². The molecule has 186 valence electrons. The summed E-state index contributed by atoms with van der Waals surface area (Å²) in [5, 5.41) is 23.4. The third-order valence-electron chi connectivity index (χ3n) is 5.20. The molecule has 3 rings (SSSR count). The van der Waals surface area contributed by atoms with Gasteiger partial charge in [0, 0.05) is 25.7 Å². The van der Waals surface area contributed by atoms with Crippen molar-refractivity contribution >= 4 is 23.3 Å². The van der Waals surface area contributed by atoms with Crippen LogP contribution in [0, 0.1) is 11.3 Å². The Morgan fingerprint density at radius 3 is 2.69 bits per heavy atom. The molecule has 1 N–H and O–H groups in total. The maximum atomic E-state index is 9.43. The lowest BCUT2D eigenvalue weighted by molar-refractivity contribution is -0.115. The van der Waals surface area contributed by atoms with Crippen molar-refractivity contribution in [1.29, 1.82) is 5.26 Å². The third kappa shape index (κ3) is 7.88. The number of benzene rings is 1. The van der Waals surface area contributed by atoms with E-state index in [9.17, 15) is 4.79 Å². The van der Waals surface area contributed by atoms with Crippen molar-refractivity contribution < 1.29 is 9.53 Å². The van der Waals surface area contributed by atoms with Gasteiger partial charge < -0.3 is 15.0 Å². The van der Waals surface area contributed by atoms with Crippen LogP contribution in [0.3, 0.4) is 0 Å². The average Bonchev–Trinajstić information content (AvgIpc) is 3.49. The number of carbonyl (C=O) groups excluding carboxylic acids is 1. The monoisotopic (exact) mass is 493 g/mol. The normalized spacial score (nSPS) is 15.1. The van der Waals surface area contributed by atoms with Crippen LogP contribution in [-0.4, -0.2) is 48.3 Å². The molecule has 7 nitrogen and oxygen atoms in total. The Balaban J connectivity index is 0.000000784. The first-order valence-electron chi connectivity index (χ1n) is 11.7. The Morgan fingerprint density at radius 2 is 2.09 bits per heavy atom. The topological polar surface area (TPSA) is 91.1 Å². The lowest BCUT2D eigenvalue weighted by Gasteiger charge is -2.12. The highest BCUT2D eigenvalue weighted by atomic mass is 32.1. The summed E-state index contributed by atoms with van der Waals surface area (Å²) in [6, 6.07) is 8.94. The zero-order valence-electron chi connectivity index (χ0n) is 21.5. The molecular formula is C27H35N5O2S. The van der Waals surface area contributed by atoms with Gasteiger partial charge in [-0.05, 0) is 62.9 Å². The summed E-state index contributed by atoms with van der Waals surface area (Å²) in [7, 11) is 3.38. The van der Waals surface area contributed by atoms with E-state index in [1.807, 2.05) is 32.9 Å². The van der Waals surface area contributed by atoms with Crippen molar-refractivity contribution in [3.8, 4) is 16.6 Å². The molecule has 1 unspecified atom stereocenters. The summed E-state index contributed by atoms with van der Waals surface area (Å²) >= 11 is 1.59. The summed E-state index contributed by atoms with van der Waals surface area (Å²) in [5.74, 6) is 0.479. The molecular weight excluding hydrogens is 458 g/mol. The van der Waals surface area contributed by atoms with Gasteiger partial charge in [0.2, 0.25) is 6.41 Å². The highest BCUT2D eigenvalue weighted by Crippen LogP contribution is 2.39. The van der Waals surface area contributed by atoms with Gasteiger partial charge >= 0.3 is 0 Å². The molecule has 0 spiro atoms. The van der Waals surface area contributed by atoms with Gasteiger partial charge in [-0.1, -0.05) is 49.1 Å². The van der Waals surface area contributed by atoms with Crippen molar-refractivity contribution in [2.45, 2.75) is 52.7 Å². The Morgan fingerprint density at radius 1 is 1.37 bits per heavy atom. The molecule has 1 aromatic carbocycles. The van der Waals surface area contributed by atoms with Gasteiger partial charge in [-0.15, -0.1) is 10.2 Å². The van der Waals surface area contributed by atoms with Crippen LogP contribution in [0.1, 0.15) is 56.3 Å². The van der Waals surface area contributed by atoms with E-state index in [1.165, 1.54) is 21.6 Å². The number of hydrogen-bond donors (Lipinski definition) is 1. The first-order valence-corrected chi connectivity index (χ1v) is 12.5. The number of hydrogen-bond acceptors (Lipinski definition) is 7. The largest absolute Gasteiger partial charge is 0.490 e. The highest BCUT2D eigenvalue weighted by molar-refractivity contribution is 7.15. The summed E-state index contributed by atoms with van der Waals surface area (Å²) in [6.45, 7) is 12.7. The molecule has 35 heavy (non-hydrogen) atoms. The molecule has 0 radical (unpaired) electrons. The molecule has 0 aliphatic heterocycles. The molecule has 1 aliphatic carbocycles. The minimum absolute atomic E-state index is 0.0330. The molecule has 0 saturated heterocycles. The molecule has 2 aromatic rings. The van der Waals surface area contributed by atoms with Gasteiger partial charge in [-0.25, -0.2) is 0 Å². The molecule has 8 heteroatoms. The Bertz CT molecular complexity index is 1120. The van der Waals surface area contributed by atoms with Gasteiger partial charge in [0.1, 0.15) is 21.8 Å². The third-order valence-corrected chi connectivity index (χ3v) is 6.30. The number of fused-ring (bicyclic) bond motifs is 1. The van der Waals surface area contributed by atoms with Crippen LogP contribution in [0.5, 0.6) is 0 Å². The Hall–Kier alpha value is -3.28. The predicted molar refractivity (Wildman–Crippen MR) is 143 cm³/mol.